The zero-order valence-corrected chi connectivity index (χ0v) is 10.9. The third kappa shape index (κ3) is 2.70. The molecule has 0 aromatic carbocycles. The van der Waals surface area contributed by atoms with E-state index < -0.39 is 0 Å². The summed E-state index contributed by atoms with van der Waals surface area (Å²) < 4.78 is 7.30. The molecule has 0 radical (unpaired) electrons. The Bertz CT molecular complexity index is 410. The van der Waals surface area contributed by atoms with Gasteiger partial charge in [0.2, 0.25) is 0 Å². The number of methoxy groups -OCH3 is 1. The number of amides is 1. The lowest BCUT2D eigenvalue weighted by Crippen LogP contribution is -2.51. The summed E-state index contributed by atoms with van der Waals surface area (Å²) in [5.74, 6) is 0.271. The van der Waals surface area contributed by atoms with Crippen LogP contribution >= 0.6 is 0 Å². The quantitative estimate of drug-likeness (QED) is 0.786. The van der Waals surface area contributed by atoms with E-state index in [0.717, 1.165) is 25.9 Å². The SMILES string of the molecule is COC1(CNC(=O)c2nccn2C)CCNCC1. The maximum Gasteiger partial charge on any atom is 0.287 e. The fourth-order valence-corrected chi connectivity index (χ4v) is 2.24. The van der Waals surface area contributed by atoms with Gasteiger partial charge < -0.3 is 19.9 Å². The molecule has 2 rings (SSSR count). The second-order valence-electron chi connectivity index (χ2n) is 4.68. The van der Waals surface area contributed by atoms with Crippen LogP contribution in [-0.4, -0.2) is 47.8 Å². The molecule has 0 bridgehead atoms. The van der Waals surface area contributed by atoms with Crippen molar-refractivity contribution in [3.63, 3.8) is 0 Å². The van der Waals surface area contributed by atoms with Crippen LogP contribution in [0.4, 0.5) is 0 Å². The summed E-state index contributed by atoms with van der Waals surface area (Å²) in [6.07, 6.45) is 5.19. The Morgan fingerprint density at radius 3 is 2.89 bits per heavy atom. The Hall–Kier alpha value is -1.40. The summed E-state index contributed by atoms with van der Waals surface area (Å²) >= 11 is 0. The van der Waals surface area contributed by atoms with Crippen LogP contribution in [0, 0.1) is 0 Å². The van der Waals surface area contributed by atoms with E-state index in [1.165, 1.54) is 0 Å². The van der Waals surface area contributed by atoms with Crippen molar-refractivity contribution in [3.05, 3.63) is 18.2 Å². The zero-order valence-electron chi connectivity index (χ0n) is 10.9. The lowest BCUT2D eigenvalue weighted by molar-refractivity contribution is -0.0313. The van der Waals surface area contributed by atoms with Gasteiger partial charge in [0.25, 0.3) is 5.91 Å². The lowest BCUT2D eigenvalue weighted by atomic mass is 9.92. The van der Waals surface area contributed by atoms with Crippen LogP contribution in [0.3, 0.4) is 0 Å². The molecule has 100 valence electrons. The Labute approximate surface area is 107 Å². The minimum Gasteiger partial charge on any atom is -0.376 e. The number of nitrogens with zero attached hydrogens (tertiary/aromatic N) is 2. The highest BCUT2D eigenvalue weighted by Crippen LogP contribution is 2.21. The standard InChI is InChI=1S/C12H20N4O2/c1-16-8-7-14-10(16)11(17)15-9-12(18-2)3-5-13-6-4-12/h7-8,13H,3-6,9H2,1-2H3,(H,15,17). The first-order valence-corrected chi connectivity index (χ1v) is 6.18. The Kier molecular flexibility index (Phi) is 3.98. The van der Waals surface area contributed by atoms with Crippen LogP contribution in [0.15, 0.2) is 12.4 Å². The van der Waals surface area contributed by atoms with Gasteiger partial charge in [0.15, 0.2) is 5.82 Å². The number of piperidine rings is 1. The molecule has 18 heavy (non-hydrogen) atoms. The zero-order chi connectivity index (χ0) is 13.0. The number of carbonyl (C=O) groups is 1. The van der Waals surface area contributed by atoms with E-state index in [9.17, 15) is 4.79 Å². The molecule has 2 heterocycles. The van der Waals surface area contributed by atoms with E-state index in [-0.39, 0.29) is 11.5 Å². The van der Waals surface area contributed by atoms with Crippen molar-refractivity contribution >= 4 is 5.91 Å². The maximum atomic E-state index is 12.0. The molecule has 0 unspecified atom stereocenters. The van der Waals surface area contributed by atoms with Gasteiger partial charge in [0.05, 0.1) is 5.60 Å². The number of aryl methyl sites for hydroxylation is 1. The monoisotopic (exact) mass is 252 g/mol. The van der Waals surface area contributed by atoms with Gasteiger partial charge in [-0.05, 0) is 25.9 Å². The van der Waals surface area contributed by atoms with Crippen LogP contribution in [0.1, 0.15) is 23.5 Å². The van der Waals surface area contributed by atoms with Crippen LogP contribution in [0.2, 0.25) is 0 Å². The largest absolute Gasteiger partial charge is 0.376 e. The first-order valence-electron chi connectivity index (χ1n) is 6.18. The number of nitrogens with one attached hydrogen (secondary N) is 2. The molecule has 0 atom stereocenters. The van der Waals surface area contributed by atoms with Crippen molar-refractivity contribution in [3.8, 4) is 0 Å². The molecule has 6 heteroatoms. The molecule has 1 aliphatic rings. The Balaban J connectivity index is 1.94. The molecular weight excluding hydrogens is 232 g/mol. The smallest absolute Gasteiger partial charge is 0.287 e. The fourth-order valence-electron chi connectivity index (χ4n) is 2.24. The van der Waals surface area contributed by atoms with Crippen LogP contribution in [0.5, 0.6) is 0 Å². The van der Waals surface area contributed by atoms with E-state index in [1.807, 2.05) is 0 Å². The molecule has 1 aliphatic heterocycles. The number of hydrogen-bond acceptors (Lipinski definition) is 4. The average molecular weight is 252 g/mol. The first kappa shape index (κ1) is 13.0. The predicted molar refractivity (Wildman–Crippen MR) is 67.4 cm³/mol. The number of carbonyl (C=O) groups excluding carboxylic acids is 1. The van der Waals surface area contributed by atoms with E-state index in [1.54, 1.807) is 31.1 Å². The van der Waals surface area contributed by atoms with E-state index >= 15 is 0 Å². The van der Waals surface area contributed by atoms with Gasteiger partial charge in [-0.1, -0.05) is 0 Å². The average Bonchev–Trinajstić information content (AvgIpc) is 2.83. The second-order valence-corrected chi connectivity index (χ2v) is 4.68. The summed E-state index contributed by atoms with van der Waals surface area (Å²) in [7, 11) is 3.51. The minimum absolute atomic E-state index is 0.155. The van der Waals surface area contributed by atoms with Gasteiger partial charge in [-0.15, -0.1) is 0 Å². The van der Waals surface area contributed by atoms with E-state index in [4.69, 9.17) is 4.74 Å². The number of imidazole rings is 1. The van der Waals surface area contributed by atoms with Gasteiger partial charge in [-0.25, -0.2) is 4.98 Å². The van der Waals surface area contributed by atoms with Crippen molar-refractivity contribution in [2.24, 2.45) is 7.05 Å². The van der Waals surface area contributed by atoms with Gasteiger partial charge in [-0.2, -0.15) is 0 Å². The molecule has 1 aromatic heterocycles. The van der Waals surface area contributed by atoms with Crippen molar-refractivity contribution in [2.75, 3.05) is 26.7 Å². The first-order chi connectivity index (χ1) is 8.67. The van der Waals surface area contributed by atoms with Crippen LogP contribution in [0.25, 0.3) is 0 Å². The van der Waals surface area contributed by atoms with Crippen molar-refractivity contribution in [1.82, 2.24) is 20.2 Å². The summed E-state index contributed by atoms with van der Waals surface area (Å²) in [6, 6.07) is 0. The fraction of sp³-hybridized carbons (Fsp3) is 0.667. The summed E-state index contributed by atoms with van der Waals surface area (Å²) in [6.45, 7) is 2.37. The van der Waals surface area contributed by atoms with E-state index in [2.05, 4.69) is 15.6 Å². The lowest BCUT2D eigenvalue weighted by Gasteiger charge is -2.36. The van der Waals surface area contributed by atoms with Gasteiger partial charge >= 0.3 is 0 Å². The van der Waals surface area contributed by atoms with Gasteiger partial charge in [0.1, 0.15) is 0 Å². The molecule has 0 spiro atoms. The second kappa shape index (κ2) is 5.49. The molecule has 2 N–H and O–H groups in total. The third-order valence-electron chi connectivity index (χ3n) is 3.54. The molecule has 1 fully saturated rings. The summed E-state index contributed by atoms with van der Waals surface area (Å²) in [5.41, 5.74) is -0.244. The topological polar surface area (TPSA) is 68.2 Å². The van der Waals surface area contributed by atoms with Crippen molar-refractivity contribution in [1.29, 1.82) is 0 Å². The maximum absolute atomic E-state index is 12.0. The predicted octanol–water partition coefficient (Wildman–Crippen LogP) is -0.0815. The molecule has 1 amide bonds. The molecule has 1 saturated heterocycles. The number of hydrogen-bond donors (Lipinski definition) is 2. The van der Waals surface area contributed by atoms with Crippen molar-refractivity contribution in [2.45, 2.75) is 18.4 Å². The minimum atomic E-state index is -0.244. The van der Waals surface area contributed by atoms with Crippen molar-refractivity contribution < 1.29 is 9.53 Å². The Morgan fingerprint density at radius 2 is 2.33 bits per heavy atom. The number of rotatable bonds is 4. The third-order valence-corrected chi connectivity index (χ3v) is 3.54. The molecule has 6 nitrogen and oxygen atoms in total. The Morgan fingerprint density at radius 1 is 1.61 bits per heavy atom. The van der Waals surface area contributed by atoms with Gasteiger partial charge in [0, 0.05) is 33.1 Å². The van der Waals surface area contributed by atoms with Crippen LogP contribution < -0.4 is 10.6 Å². The molecule has 1 aromatic rings. The number of ether oxygens (including phenoxy) is 1. The summed E-state index contributed by atoms with van der Waals surface area (Å²) in [4.78, 5) is 16.0. The van der Waals surface area contributed by atoms with E-state index in [0.29, 0.717) is 12.4 Å². The number of aromatic nitrogens is 2. The van der Waals surface area contributed by atoms with Crippen LogP contribution in [-0.2, 0) is 11.8 Å². The molecule has 0 saturated carbocycles. The normalized spacial score (nSPS) is 18.6. The summed E-state index contributed by atoms with van der Waals surface area (Å²) in [5, 5.41) is 6.20. The van der Waals surface area contributed by atoms with Gasteiger partial charge in [-0.3, -0.25) is 4.79 Å². The highest BCUT2D eigenvalue weighted by atomic mass is 16.5. The molecular formula is C12H20N4O2. The highest BCUT2D eigenvalue weighted by molar-refractivity contribution is 5.90. The highest BCUT2D eigenvalue weighted by Gasteiger charge is 2.32. The molecule has 0 aliphatic carbocycles.